The molecule has 2 aromatic rings. The molecule has 0 radical (unpaired) electrons. The number of carbonyl (C=O) groups excluding carboxylic acids is 1. The predicted molar refractivity (Wildman–Crippen MR) is 98.8 cm³/mol. The summed E-state index contributed by atoms with van der Waals surface area (Å²) in [6, 6.07) is 9.73. The van der Waals surface area contributed by atoms with Gasteiger partial charge in [0, 0.05) is 16.8 Å². The number of rotatable bonds is 5. The Bertz CT molecular complexity index is 830. The molecule has 0 aliphatic rings. The van der Waals surface area contributed by atoms with Crippen LogP contribution in [0.15, 0.2) is 45.8 Å². The minimum absolute atomic E-state index is 0.398. The Labute approximate surface area is 145 Å². The lowest BCUT2D eigenvalue weighted by atomic mass is 10.2. The third kappa shape index (κ3) is 5.01. The monoisotopic (exact) mass is 368 g/mol. The van der Waals surface area contributed by atoms with Gasteiger partial charge < -0.3 is 4.74 Å². The summed E-state index contributed by atoms with van der Waals surface area (Å²) >= 11 is 7.97. The van der Waals surface area contributed by atoms with Crippen LogP contribution in [0.5, 0.6) is 5.75 Å². The van der Waals surface area contributed by atoms with Gasteiger partial charge in [0.15, 0.2) is 11.1 Å². The maximum atomic E-state index is 10.9. The van der Waals surface area contributed by atoms with Gasteiger partial charge in [0.2, 0.25) is 0 Å². The molecule has 0 amide bonds. The lowest BCUT2D eigenvalue weighted by Gasteiger charge is -2.07. The Morgan fingerprint density at radius 1 is 1.30 bits per heavy atom. The number of hydrogen-bond acceptors (Lipinski definition) is 5. The third-order valence-corrected chi connectivity index (χ3v) is 5.56. The first kappa shape index (κ1) is 17.9. The van der Waals surface area contributed by atoms with Crippen LogP contribution in [0.1, 0.15) is 5.56 Å². The van der Waals surface area contributed by atoms with E-state index >= 15 is 0 Å². The summed E-state index contributed by atoms with van der Waals surface area (Å²) < 4.78 is 9.48. The number of pyridine rings is 1. The summed E-state index contributed by atoms with van der Waals surface area (Å²) in [5.41, 5.74) is 1.16. The number of methoxy groups -OCH3 is 1. The molecule has 0 aliphatic heterocycles. The highest BCUT2D eigenvalue weighted by Crippen LogP contribution is 2.35. The molecular formula is C16H17ClN2O2S2. The van der Waals surface area contributed by atoms with Crippen molar-refractivity contribution in [3.8, 4) is 5.75 Å². The summed E-state index contributed by atoms with van der Waals surface area (Å²) in [5.74, 6) is 2.00. The summed E-state index contributed by atoms with van der Waals surface area (Å²) in [7, 11) is -0.193. The van der Waals surface area contributed by atoms with Crippen molar-refractivity contribution in [1.29, 1.82) is 0 Å². The van der Waals surface area contributed by atoms with Gasteiger partial charge in [-0.2, -0.15) is 0 Å². The van der Waals surface area contributed by atoms with E-state index < -0.39 is 9.41 Å². The fourth-order valence-corrected chi connectivity index (χ4v) is 3.57. The van der Waals surface area contributed by atoms with E-state index in [1.165, 1.54) is 0 Å². The molecule has 122 valence electrons. The lowest BCUT2D eigenvalue weighted by molar-refractivity contribution is 0.414. The summed E-state index contributed by atoms with van der Waals surface area (Å²) in [4.78, 5) is 16.0. The number of aromatic nitrogens is 1. The maximum Gasteiger partial charge on any atom is 0.178 e. The zero-order valence-corrected chi connectivity index (χ0v) is 15.5. The number of ether oxygens (including phenoxy) is 1. The first-order valence-electron chi connectivity index (χ1n) is 6.70. The second-order valence-electron chi connectivity index (χ2n) is 5.03. The Hall–Kier alpha value is -1.46. The molecule has 7 heteroatoms. The van der Waals surface area contributed by atoms with Crippen molar-refractivity contribution in [2.75, 3.05) is 19.6 Å². The van der Waals surface area contributed by atoms with Gasteiger partial charge in [0.25, 0.3) is 0 Å². The second-order valence-corrected chi connectivity index (χ2v) is 9.32. The minimum atomic E-state index is -1.84. The molecule has 0 bridgehead atoms. The highest BCUT2D eigenvalue weighted by molar-refractivity contribution is 8.01. The molecule has 1 heterocycles. The van der Waals surface area contributed by atoms with E-state index in [4.69, 9.17) is 16.3 Å². The molecule has 0 atom stereocenters. The number of benzene rings is 1. The normalized spacial score (nSPS) is 11.0. The van der Waals surface area contributed by atoms with Gasteiger partial charge in [-0.3, -0.25) is 0 Å². The molecule has 0 saturated carbocycles. The minimum Gasteiger partial charge on any atom is -0.497 e. The van der Waals surface area contributed by atoms with Crippen LogP contribution in [0.2, 0.25) is 5.02 Å². The van der Waals surface area contributed by atoms with Gasteiger partial charge in [-0.25, -0.2) is 14.1 Å². The fraction of sp³-hybridized carbons (Fsp3) is 0.250. The van der Waals surface area contributed by atoms with E-state index in [9.17, 15) is 4.79 Å². The van der Waals surface area contributed by atoms with Crippen LogP contribution in [0, 0.1) is 0 Å². The molecule has 0 fully saturated rings. The quantitative estimate of drug-likeness (QED) is 0.582. The molecule has 0 saturated heterocycles. The molecule has 0 unspecified atom stereocenters. The van der Waals surface area contributed by atoms with Crippen LogP contribution < -0.4 is 4.74 Å². The van der Waals surface area contributed by atoms with Gasteiger partial charge >= 0.3 is 0 Å². The average Bonchev–Trinajstić information content (AvgIpc) is 2.56. The van der Waals surface area contributed by atoms with E-state index in [0.717, 1.165) is 22.0 Å². The fourth-order valence-electron chi connectivity index (χ4n) is 1.71. The summed E-state index contributed by atoms with van der Waals surface area (Å²) in [6.45, 7) is 0. The zero-order chi connectivity index (χ0) is 16.9. The standard InChI is InChI=1S/C16H17ClN2O2S2/c1-21-13-6-4-12(5-7-13)10-22-14-8-9-18-16(15(14)17)19-23(2,3)11-20/h4-9H,10H2,1-3H3. The average molecular weight is 369 g/mol. The first-order valence-corrected chi connectivity index (χ1v) is 10.5. The maximum absolute atomic E-state index is 10.9. The smallest absolute Gasteiger partial charge is 0.178 e. The van der Waals surface area contributed by atoms with Crippen LogP contribution in [-0.2, 0) is 20.0 Å². The lowest BCUT2D eigenvalue weighted by Crippen LogP contribution is -1.93. The van der Waals surface area contributed by atoms with Gasteiger partial charge in [0.05, 0.1) is 12.1 Å². The molecule has 1 aromatic carbocycles. The molecular weight excluding hydrogens is 352 g/mol. The topological polar surface area (TPSA) is 51.6 Å². The van der Waals surface area contributed by atoms with Crippen LogP contribution in [0.25, 0.3) is 0 Å². The number of halogens is 1. The highest BCUT2D eigenvalue weighted by Gasteiger charge is 2.09. The van der Waals surface area contributed by atoms with Crippen LogP contribution >= 0.6 is 23.4 Å². The molecule has 0 N–H and O–H groups in total. The van der Waals surface area contributed by atoms with Crippen molar-refractivity contribution >= 4 is 43.8 Å². The number of nitrogens with zero attached hydrogens (tertiary/aromatic N) is 2. The zero-order valence-electron chi connectivity index (χ0n) is 13.1. The van der Waals surface area contributed by atoms with E-state index in [0.29, 0.717) is 10.8 Å². The summed E-state index contributed by atoms with van der Waals surface area (Å²) in [5, 5.41) is 2.43. The van der Waals surface area contributed by atoms with Gasteiger partial charge in [-0.1, -0.05) is 33.1 Å². The van der Waals surface area contributed by atoms with Gasteiger partial charge in [0.1, 0.15) is 5.75 Å². The van der Waals surface area contributed by atoms with Crippen LogP contribution in [-0.4, -0.2) is 29.8 Å². The van der Waals surface area contributed by atoms with E-state index in [2.05, 4.69) is 9.35 Å². The predicted octanol–water partition coefficient (Wildman–Crippen LogP) is 4.33. The number of hydrogen-bond donors (Lipinski definition) is 0. The van der Waals surface area contributed by atoms with Crippen molar-refractivity contribution < 1.29 is 9.53 Å². The Balaban J connectivity index is 2.21. The Kier molecular flexibility index (Phi) is 6.13. The van der Waals surface area contributed by atoms with E-state index in [1.807, 2.05) is 35.6 Å². The molecule has 2 rings (SSSR count). The van der Waals surface area contributed by atoms with Crippen LogP contribution in [0.3, 0.4) is 0 Å². The van der Waals surface area contributed by atoms with Gasteiger partial charge in [-0.15, -0.1) is 11.8 Å². The molecule has 0 aliphatic carbocycles. The van der Waals surface area contributed by atoms with Crippen molar-refractivity contribution in [3.05, 3.63) is 47.1 Å². The SMILES string of the molecule is COc1ccc(CSc2ccnc(N=S(C)(C)=C=O)c2Cl)cc1. The van der Waals surface area contributed by atoms with Crippen molar-refractivity contribution in [3.63, 3.8) is 0 Å². The summed E-state index contributed by atoms with van der Waals surface area (Å²) in [6.07, 6.45) is 5.14. The molecule has 0 spiro atoms. The Morgan fingerprint density at radius 3 is 2.61 bits per heavy atom. The van der Waals surface area contributed by atoms with E-state index in [-0.39, 0.29) is 0 Å². The Morgan fingerprint density at radius 2 is 2.00 bits per heavy atom. The van der Waals surface area contributed by atoms with Crippen molar-refractivity contribution in [2.24, 2.45) is 4.36 Å². The van der Waals surface area contributed by atoms with Crippen LogP contribution in [0.4, 0.5) is 5.82 Å². The third-order valence-electron chi connectivity index (χ3n) is 2.91. The van der Waals surface area contributed by atoms with E-state index in [1.54, 1.807) is 37.6 Å². The van der Waals surface area contributed by atoms with Crippen molar-refractivity contribution in [2.45, 2.75) is 10.6 Å². The number of thioether (sulfide) groups is 1. The highest BCUT2D eigenvalue weighted by atomic mass is 35.5. The first-order chi connectivity index (χ1) is 10.9. The molecule has 1 aromatic heterocycles. The van der Waals surface area contributed by atoms with Gasteiger partial charge in [-0.05, 0) is 36.3 Å². The molecule has 23 heavy (non-hydrogen) atoms. The molecule has 4 nitrogen and oxygen atoms in total. The largest absolute Gasteiger partial charge is 0.497 e. The second kappa shape index (κ2) is 7.88. The van der Waals surface area contributed by atoms with Crippen molar-refractivity contribution in [1.82, 2.24) is 4.98 Å².